The molecule has 0 aliphatic carbocycles. The predicted molar refractivity (Wildman–Crippen MR) is 93.4 cm³/mol. The van der Waals surface area contributed by atoms with Crippen molar-refractivity contribution < 1.29 is 19.1 Å². The molecular weight excluding hydrogens is 320 g/mol. The molecule has 2 aromatic carbocycles. The Morgan fingerprint density at radius 2 is 1.60 bits per heavy atom. The number of ether oxygens (including phenoxy) is 2. The van der Waals surface area contributed by atoms with Gasteiger partial charge in [0.05, 0.1) is 19.8 Å². The van der Waals surface area contributed by atoms with Crippen LogP contribution in [0.4, 0.5) is 0 Å². The van der Waals surface area contributed by atoms with Crippen molar-refractivity contribution in [3.8, 4) is 34.3 Å². The number of hydrogen-bond acceptors (Lipinski definition) is 6. The maximum atomic E-state index is 9.11. The van der Waals surface area contributed by atoms with Crippen molar-refractivity contribution in [1.82, 2.24) is 10.1 Å². The molecule has 0 aliphatic heterocycles. The van der Waals surface area contributed by atoms with Gasteiger partial charge < -0.3 is 19.1 Å². The van der Waals surface area contributed by atoms with E-state index in [2.05, 4.69) is 10.1 Å². The Bertz CT molecular complexity index is 828. The van der Waals surface area contributed by atoms with Crippen molar-refractivity contribution in [3.63, 3.8) is 0 Å². The van der Waals surface area contributed by atoms with Gasteiger partial charge in [-0.25, -0.2) is 0 Å². The predicted octanol–water partition coefficient (Wildman–Crippen LogP) is 3.69. The van der Waals surface area contributed by atoms with Crippen molar-refractivity contribution in [2.75, 3.05) is 13.2 Å². The van der Waals surface area contributed by atoms with Crippen LogP contribution in [0.1, 0.15) is 19.4 Å². The fraction of sp³-hybridized carbons (Fsp3) is 0.263. The zero-order chi connectivity index (χ0) is 17.6. The van der Waals surface area contributed by atoms with Crippen LogP contribution in [0.25, 0.3) is 22.8 Å². The highest BCUT2D eigenvalue weighted by Crippen LogP contribution is 2.33. The Morgan fingerprint density at radius 1 is 0.920 bits per heavy atom. The third-order valence-electron chi connectivity index (χ3n) is 3.61. The lowest BCUT2D eigenvalue weighted by Crippen LogP contribution is -1.98. The fourth-order valence-electron chi connectivity index (χ4n) is 2.40. The number of hydrogen-bond donors (Lipinski definition) is 1. The smallest absolute Gasteiger partial charge is 0.258 e. The maximum absolute atomic E-state index is 9.11. The highest BCUT2D eigenvalue weighted by molar-refractivity contribution is 5.63. The zero-order valence-corrected chi connectivity index (χ0v) is 14.2. The number of aliphatic hydroxyl groups is 1. The molecule has 1 N–H and O–H groups in total. The minimum absolute atomic E-state index is 0.00413. The SMILES string of the molecule is CCOc1ccc(-c2nc(-c3ccc(CO)cc3)no2)cc1OCC. The minimum atomic E-state index is 0.00413. The molecule has 0 atom stereocenters. The van der Waals surface area contributed by atoms with Gasteiger partial charge in [-0.2, -0.15) is 4.98 Å². The average molecular weight is 340 g/mol. The van der Waals surface area contributed by atoms with Crippen molar-refractivity contribution in [2.24, 2.45) is 0 Å². The normalized spacial score (nSPS) is 10.7. The Labute approximate surface area is 146 Å². The van der Waals surface area contributed by atoms with Gasteiger partial charge in [-0.15, -0.1) is 0 Å². The molecule has 0 amide bonds. The summed E-state index contributed by atoms with van der Waals surface area (Å²) >= 11 is 0. The van der Waals surface area contributed by atoms with E-state index >= 15 is 0 Å². The van der Waals surface area contributed by atoms with Crippen molar-refractivity contribution >= 4 is 0 Å². The summed E-state index contributed by atoms with van der Waals surface area (Å²) in [6, 6.07) is 12.9. The Balaban J connectivity index is 1.89. The highest BCUT2D eigenvalue weighted by Gasteiger charge is 2.14. The molecule has 0 bridgehead atoms. The molecule has 3 rings (SSSR count). The van der Waals surface area contributed by atoms with Crippen LogP contribution in [0.2, 0.25) is 0 Å². The van der Waals surface area contributed by atoms with Crippen LogP contribution in [-0.2, 0) is 6.61 Å². The van der Waals surface area contributed by atoms with E-state index in [0.29, 0.717) is 36.4 Å². The molecule has 0 saturated heterocycles. The van der Waals surface area contributed by atoms with Gasteiger partial charge in [0.2, 0.25) is 5.82 Å². The Hall–Kier alpha value is -2.86. The largest absolute Gasteiger partial charge is 0.490 e. The highest BCUT2D eigenvalue weighted by atomic mass is 16.5. The molecule has 0 spiro atoms. The molecule has 0 fully saturated rings. The summed E-state index contributed by atoms with van der Waals surface area (Å²) in [5.41, 5.74) is 2.42. The average Bonchev–Trinajstić information content (AvgIpc) is 3.14. The van der Waals surface area contributed by atoms with E-state index in [9.17, 15) is 0 Å². The van der Waals surface area contributed by atoms with Crippen molar-refractivity contribution in [3.05, 3.63) is 48.0 Å². The first-order valence-electron chi connectivity index (χ1n) is 8.19. The summed E-state index contributed by atoms with van der Waals surface area (Å²) in [5, 5.41) is 13.1. The third-order valence-corrected chi connectivity index (χ3v) is 3.61. The van der Waals surface area contributed by atoms with Gasteiger partial charge in [0.25, 0.3) is 5.89 Å². The first kappa shape index (κ1) is 17.0. The van der Waals surface area contributed by atoms with Crippen LogP contribution < -0.4 is 9.47 Å². The Morgan fingerprint density at radius 3 is 2.28 bits per heavy atom. The van der Waals surface area contributed by atoms with Gasteiger partial charge >= 0.3 is 0 Å². The minimum Gasteiger partial charge on any atom is -0.490 e. The van der Waals surface area contributed by atoms with Gasteiger partial charge in [-0.05, 0) is 37.6 Å². The van der Waals surface area contributed by atoms with Crippen molar-refractivity contribution in [2.45, 2.75) is 20.5 Å². The third kappa shape index (κ3) is 3.80. The summed E-state index contributed by atoms with van der Waals surface area (Å²) in [4.78, 5) is 4.45. The van der Waals surface area contributed by atoms with E-state index in [1.165, 1.54) is 0 Å². The molecule has 6 heteroatoms. The van der Waals surface area contributed by atoms with Crippen LogP contribution in [0, 0.1) is 0 Å². The van der Waals surface area contributed by atoms with E-state index in [0.717, 1.165) is 16.7 Å². The number of benzene rings is 2. The first-order chi connectivity index (χ1) is 12.2. The zero-order valence-electron chi connectivity index (χ0n) is 14.2. The van der Waals surface area contributed by atoms with Gasteiger partial charge in [-0.1, -0.05) is 29.4 Å². The van der Waals surface area contributed by atoms with Gasteiger partial charge in [-0.3, -0.25) is 0 Å². The van der Waals surface area contributed by atoms with E-state index in [1.54, 1.807) is 0 Å². The van der Waals surface area contributed by atoms with E-state index in [1.807, 2.05) is 56.3 Å². The van der Waals surface area contributed by atoms with Crippen LogP contribution >= 0.6 is 0 Å². The number of rotatable bonds is 7. The second-order valence-electron chi connectivity index (χ2n) is 5.31. The lowest BCUT2D eigenvalue weighted by molar-refractivity contribution is 0.282. The topological polar surface area (TPSA) is 77.6 Å². The van der Waals surface area contributed by atoms with E-state index in [-0.39, 0.29) is 6.61 Å². The monoisotopic (exact) mass is 340 g/mol. The van der Waals surface area contributed by atoms with Crippen molar-refractivity contribution in [1.29, 1.82) is 0 Å². The summed E-state index contributed by atoms with van der Waals surface area (Å²) < 4.78 is 16.6. The molecule has 0 unspecified atom stereocenters. The summed E-state index contributed by atoms with van der Waals surface area (Å²) in [6.07, 6.45) is 0. The number of aliphatic hydroxyl groups excluding tert-OH is 1. The van der Waals surface area contributed by atoms with E-state index < -0.39 is 0 Å². The summed E-state index contributed by atoms with van der Waals surface area (Å²) in [6.45, 7) is 4.95. The molecule has 6 nitrogen and oxygen atoms in total. The summed E-state index contributed by atoms with van der Waals surface area (Å²) in [7, 11) is 0. The lowest BCUT2D eigenvalue weighted by atomic mass is 10.1. The maximum Gasteiger partial charge on any atom is 0.258 e. The molecule has 3 aromatic rings. The van der Waals surface area contributed by atoms with Crippen LogP contribution in [0.3, 0.4) is 0 Å². The molecule has 1 aromatic heterocycles. The molecule has 0 saturated carbocycles. The second-order valence-corrected chi connectivity index (χ2v) is 5.31. The fourth-order valence-corrected chi connectivity index (χ4v) is 2.40. The Kier molecular flexibility index (Phi) is 5.30. The number of nitrogens with zero attached hydrogens (tertiary/aromatic N) is 2. The first-order valence-corrected chi connectivity index (χ1v) is 8.19. The number of aromatic nitrogens is 2. The molecule has 0 aliphatic rings. The quantitative estimate of drug-likeness (QED) is 0.707. The molecule has 0 radical (unpaired) electrons. The molecular formula is C19H20N2O4. The van der Waals surface area contributed by atoms with Crippen LogP contribution in [0.15, 0.2) is 47.0 Å². The van der Waals surface area contributed by atoms with Gasteiger partial charge in [0, 0.05) is 11.1 Å². The van der Waals surface area contributed by atoms with Gasteiger partial charge in [0.1, 0.15) is 0 Å². The molecule has 25 heavy (non-hydrogen) atoms. The lowest BCUT2D eigenvalue weighted by Gasteiger charge is -2.11. The van der Waals surface area contributed by atoms with E-state index in [4.69, 9.17) is 19.1 Å². The molecule has 1 heterocycles. The van der Waals surface area contributed by atoms with Crippen LogP contribution in [0.5, 0.6) is 11.5 Å². The standard InChI is InChI=1S/C19H20N2O4/c1-3-23-16-10-9-15(11-17(16)24-4-2)19-20-18(21-25-19)14-7-5-13(12-22)6-8-14/h5-11,22H,3-4,12H2,1-2H3. The van der Waals surface area contributed by atoms with Gasteiger partial charge in [0.15, 0.2) is 11.5 Å². The summed E-state index contributed by atoms with van der Waals surface area (Å²) in [5.74, 6) is 2.23. The second kappa shape index (κ2) is 7.81. The molecule has 130 valence electrons. The van der Waals surface area contributed by atoms with Crippen LogP contribution in [-0.4, -0.2) is 28.5 Å².